The third-order valence-electron chi connectivity index (χ3n) is 2.63. The Balaban J connectivity index is 4.44. The van der Waals surface area contributed by atoms with Gasteiger partial charge in [-0.15, -0.1) is 6.58 Å². The van der Waals surface area contributed by atoms with Gasteiger partial charge < -0.3 is 15.7 Å². The van der Waals surface area contributed by atoms with Crippen molar-refractivity contribution in [1.82, 2.24) is 10.6 Å². The Morgan fingerprint density at radius 2 is 1.89 bits per heavy atom. The van der Waals surface area contributed by atoms with Crippen LogP contribution in [0.2, 0.25) is 0 Å². The van der Waals surface area contributed by atoms with Gasteiger partial charge in [0, 0.05) is 12.1 Å². The summed E-state index contributed by atoms with van der Waals surface area (Å²) in [5.41, 5.74) is -0.308. The maximum absolute atomic E-state index is 11.7. The highest BCUT2D eigenvalue weighted by Gasteiger charge is 2.28. The van der Waals surface area contributed by atoms with Crippen LogP contribution in [0.15, 0.2) is 12.7 Å². The molecule has 0 aromatic heterocycles. The molecule has 0 radical (unpaired) electrons. The number of carbonyl (C=O) groups excluding carboxylic acids is 1. The fourth-order valence-corrected chi connectivity index (χ4v) is 1.48. The highest BCUT2D eigenvalue weighted by atomic mass is 16.4. The summed E-state index contributed by atoms with van der Waals surface area (Å²) in [6.07, 6.45) is 2.31. The Kier molecular flexibility index (Phi) is 6.44. The van der Waals surface area contributed by atoms with E-state index in [1.54, 1.807) is 6.08 Å². The Hall–Kier alpha value is -1.52. The lowest BCUT2D eigenvalue weighted by atomic mass is 9.85. The first-order valence-corrected chi connectivity index (χ1v) is 6.06. The monoisotopic (exact) mass is 256 g/mol. The number of urea groups is 1. The number of carboxylic acid groups (broad SMARTS) is 1. The quantitative estimate of drug-likeness (QED) is 0.637. The van der Waals surface area contributed by atoms with Gasteiger partial charge in [-0.3, -0.25) is 4.79 Å². The zero-order valence-electron chi connectivity index (χ0n) is 11.6. The Morgan fingerprint density at radius 3 is 2.28 bits per heavy atom. The summed E-state index contributed by atoms with van der Waals surface area (Å²) >= 11 is 0. The van der Waals surface area contributed by atoms with Gasteiger partial charge in [0.1, 0.15) is 0 Å². The van der Waals surface area contributed by atoms with E-state index in [4.69, 9.17) is 5.11 Å². The number of nitrogens with one attached hydrogen (secondary N) is 2. The van der Waals surface area contributed by atoms with Gasteiger partial charge >= 0.3 is 12.0 Å². The van der Waals surface area contributed by atoms with E-state index in [1.807, 2.05) is 27.7 Å². The standard InChI is InChI=1S/C13H24N2O3/c1-6-7-9(2)14-12(18)15-10(8-11(16)17)13(3,4)5/h6,9-10H,1,7-8H2,2-5H3,(H,16,17)(H2,14,15,18). The van der Waals surface area contributed by atoms with Gasteiger partial charge in [-0.25, -0.2) is 4.79 Å². The highest BCUT2D eigenvalue weighted by molar-refractivity contribution is 5.76. The molecule has 0 aliphatic carbocycles. The molecule has 0 bridgehead atoms. The molecule has 0 aromatic rings. The van der Waals surface area contributed by atoms with Gasteiger partial charge in [-0.2, -0.15) is 0 Å². The van der Waals surface area contributed by atoms with Crippen molar-refractivity contribution < 1.29 is 14.7 Å². The maximum Gasteiger partial charge on any atom is 0.315 e. The van der Waals surface area contributed by atoms with Crippen molar-refractivity contribution in [3.8, 4) is 0 Å². The van der Waals surface area contributed by atoms with E-state index in [2.05, 4.69) is 17.2 Å². The van der Waals surface area contributed by atoms with Crippen LogP contribution in [0.3, 0.4) is 0 Å². The van der Waals surface area contributed by atoms with Crippen LogP contribution in [0, 0.1) is 5.41 Å². The summed E-state index contributed by atoms with van der Waals surface area (Å²) in [5, 5.41) is 14.3. The minimum atomic E-state index is -0.922. The van der Waals surface area contributed by atoms with E-state index >= 15 is 0 Å². The SMILES string of the molecule is C=CCC(C)NC(=O)NC(CC(=O)O)C(C)(C)C. The molecule has 0 aliphatic rings. The molecule has 2 amide bonds. The van der Waals surface area contributed by atoms with Crippen LogP contribution < -0.4 is 10.6 Å². The first-order valence-electron chi connectivity index (χ1n) is 6.06. The number of amides is 2. The number of hydrogen-bond donors (Lipinski definition) is 3. The first kappa shape index (κ1) is 16.5. The number of carboxylic acids is 1. The summed E-state index contributed by atoms with van der Waals surface area (Å²) in [5.74, 6) is -0.922. The van der Waals surface area contributed by atoms with E-state index in [1.165, 1.54) is 0 Å². The molecule has 0 saturated heterocycles. The zero-order chi connectivity index (χ0) is 14.3. The summed E-state index contributed by atoms with van der Waals surface area (Å²) < 4.78 is 0. The molecule has 5 heteroatoms. The average Bonchev–Trinajstić information content (AvgIpc) is 2.14. The lowest BCUT2D eigenvalue weighted by molar-refractivity contribution is -0.138. The molecule has 104 valence electrons. The lowest BCUT2D eigenvalue weighted by Gasteiger charge is -2.30. The zero-order valence-corrected chi connectivity index (χ0v) is 11.6. The molecule has 0 aliphatic heterocycles. The van der Waals surface area contributed by atoms with Gasteiger partial charge in [0.15, 0.2) is 0 Å². The van der Waals surface area contributed by atoms with Crippen molar-refractivity contribution >= 4 is 12.0 Å². The van der Waals surface area contributed by atoms with Crippen LogP contribution in [0.5, 0.6) is 0 Å². The van der Waals surface area contributed by atoms with Gasteiger partial charge in [0.05, 0.1) is 6.42 Å². The van der Waals surface area contributed by atoms with Gasteiger partial charge in [0.2, 0.25) is 0 Å². The summed E-state index contributed by atoms with van der Waals surface area (Å²) in [6, 6.07) is -0.774. The molecule has 0 saturated carbocycles. The molecule has 0 fully saturated rings. The van der Waals surface area contributed by atoms with Crippen molar-refractivity contribution in [2.24, 2.45) is 5.41 Å². The minimum absolute atomic E-state index is 0.0204. The van der Waals surface area contributed by atoms with Crippen LogP contribution in [-0.2, 0) is 4.79 Å². The van der Waals surface area contributed by atoms with Crippen LogP contribution in [0.4, 0.5) is 4.79 Å². The van der Waals surface area contributed by atoms with E-state index in [0.29, 0.717) is 6.42 Å². The number of rotatable bonds is 6. The molecule has 0 aromatic carbocycles. The number of carbonyl (C=O) groups is 2. The van der Waals surface area contributed by atoms with Crippen molar-refractivity contribution in [1.29, 1.82) is 0 Å². The van der Waals surface area contributed by atoms with Crippen molar-refractivity contribution in [2.75, 3.05) is 0 Å². The average molecular weight is 256 g/mol. The number of aliphatic carboxylic acids is 1. The van der Waals surface area contributed by atoms with Gasteiger partial charge in [-0.05, 0) is 18.8 Å². The molecular weight excluding hydrogens is 232 g/mol. The molecule has 0 heterocycles. The number of hydrogen-bond acceptors (Lipinski definition) is 2. The maximum atomic E-state index is 11.7. The van der Waals surface area contributed by atoms with Gasteiger partial charge in [0.25, 0.3) is 0 Å². The van der Waals surface area contributed by atoms with E-state index < -0.39 is 12.0 Å². The van der Waals surface area contributed by atoms with Crippen molar-refractivity contribution in [3.05, 3.63) is 12.7 Å². The second-order valence-electron chi connectivity index (χ2n) is 5.56. The first-order chi connectivity index (χ1) is 8.16. The largest absolute Gasteiger partial charge is 0.481 e. The molecule has 18 heavy (non-hydrogen) atoms. The third-order valence-corrected chi connectivity index (χ3v) is 2.63. The molecular formula is C13H24N2O3. The van der Waals surface area contributed by atoms with Crippen molar-refractivity contribution in [2.45, 2.75) is 52.6 Å². The molecule has 0 spiro atoms. The normalized spacial score (nSPS) is 14.4. The van der Waals surface area contributed by atoms with Crippen molar-refractivity contribution in [3.63, 3.8) is 0 Å². The Morgan fingerprint density at radius 1 is 1.33 bits per heavy atom. The summed E-state index contributed by atoms with van der Waals surface area (Å²) in [4.78, 5) is 22.5. The highest BCUT2D eigenvalue weighted by Crippen LogP contribution is 2.21. The third kappa shape index (κ3) is 6.93. The van der Waals surface area contributed by atoms with Gasteiger partial charge in [-0.1, -0.05) is 26.8 Å². The minimum Gasteiger partial charge on any atom is -0.481 e. The second kappa shape index (κ2) is 7.03. The lowest BCUT2D eigenvalue weighted by Crippen LogP contribution is -2.50. The molecule has 2 unspecified atom stereocenters. The molecule has 3 N–H and O–H groups in total. The smallest absolute Gasteiger partial charge is 0.315 e. The Bertz CT molecular complexity index is 308. The van der Waals surface area contributed by atoms with E-state index in [0.717, 1.165) is 0 Å². The predicted molar refractivity (Wildman–Crippen MR) is 71.4 cm³/mol. The Labute approximate surface area is 109 Å². The predicted octanol–water partition coefficient (Wildman–Crippen LogP) is 2.14. The fraction of sp³-hybridized carbons (Fsp3) is 0.692. The molecule has 0 rings (SSSR count). The van der Waals surface area contributed by atoms with Crippen LogP contribution in [0.25, 0.3) is 0 Å². The summed E-state index contributed by atoms with van der Waals surface area (Å²) in [6.45, 7) is 11.2. The van der Waals surface area contributed by atoms with Crippen LogP contribution in [0.1, 0.15) is 40.5 Å². The van der Waals surface area contributed by atoms with Crippen LogP contribution in [-0.4, -0.2) is 29.2 Å². The molecule has 2 atom stereocenters. The second-order valence-corrected chi connectivity index (χ2v) is 5.56. The topological polar surface area (TPSA) is 78.4 Å². The van der Waals surface area contributed by atoms with E-state index in [-0.39, 0.29) is 23.9 Å². The van der Waals surface area contributed by atoms with E-state index in [9.17, 15) is 9.59 Å². The van der Waals surface area contributed by atoms with Crippen LogP contribution >= 0.6 is 0 Å². The molecule has 5 nitrogen and oxygen atoms in total. The summed E-state index contributed by atoms with van der Waals surface area (Å²) in [7, 11) is 0. The fourth-order valence-electron chi connectivity index (χ4n) is 1.48.